The molecule has 1 N–H and O–H groups in total. The van der Waals surface area contributed by atoms with Gasteiger partial charge in [-0.2, -0.15) is 0 Å². The van der Waals surface area contributed by atoms with E-state index < -0.39 is 0 Å². The molecule has 0 unspecified atom stereocenters. The van der Waals surface area contributed by atoms with Crippen LogP contribution >= 0.6 is 11.6 Å². The molecule has 0 amide bonds. The Bertz CT molecular complexity index is 587. The van der Waals surface area contributed by atoms with E-state index >= 15 is 0 Å². The topological polar surface area (TPSA) is 21.3 Å². The zero-order valence-corrected chi connectivity index (χ0v) is 13.6. The Morgan fingerprint density at radius 2 is 1.71 bits per heavy atom. The van der Waals surface area contributed by atoms with E-state index in [0.717, 1.165) is 35.0 Å². The number of hydrogen-bond acceptors (Lipinski definition) is 2. The molecule has 2 nitrogen and oxygen atoms in total. The van der Waals surface area contributed by atoms with Crippen molar-refractivity contribution < 1.29 is 4.74 Å². The minimum atomic E-state index is 0.573. The number of benzene rings is 2. The van der Waals surface area contributed by atoms with Crippen molar-refractivity contribution >= 4 is 11.6 Å². The Morgan fingerprint density at radius 3 is 2.38 bits per heavy atom. The van der Waals surface area contributed by atoms with Crippen molar-refractivity contribution in [3.8, 4) is 5.75 Å². The van der Waals surface area contributed by atoms with Crippen molar-refractivity contribution in [3.63, 3.8) is 0 Å². The molecule has 2 rings (SSSR count). The maximum absolute atomic E-state index is 6.05. The summed E-state index contributed by atoms with van der Waals surface area (Å²) in [7, 11) is 0. The van der Waals surface area contributed by atoms with Gasteiger partial charge in [-0.1, -0.05) is 42.8 Å². The van der Waals surface area contributed by atoms with Gasteiger partial charge in [0.15, 0.2) is 0 Å². The monoisotopic (exact) mass is 303 g/mol. The molecule has 0 saturated carbocycles. The van der Waals surface area contributed by atoms with Crippen LogP contribution in [0.5, 0.6) is 5.75 Å². The lowest BCUT2D eigenvalue weighted by molar-refractivity contribution is 0.302. The smallest absolute Gasteiger partial charge is 0.125 e. The molecule has 0 radical (unpaired) electrons. The van der Waals surface area contributed by atoms with Crippen LogP contribution in [0.1, 0.15) is 29.2 Å². The Balaban J connectivity index is 2.06. The van der Waals surface area contributed by atoms with E-state index in [1.165, 1.54) is 11.1 Å². The maximum Gasteiger partial charge on any atom is 0.125 e. The fraction of sp³-hybridized carbons (Fsp3) is 0.333. The summed E-state index contributed by atoms with van der Waals surface area (Å²) in [5, 5.41) is 4.09. The van der Waals surface area contributed by atoms with Crippen LogP contribution in [0.4, 0.5) is 0 Å². The van der Waals surface area contributed by atoms with Gasteiger partial charge in [0, 0.05) is 11.6 Å². The first kappa shape index (κ1) is 15.9. The summed E-state index contributed by atoms with van der Waals surface area (Å²) >= 11 is 6.05. The first-order valence-electron chi connectivity index (χ1n) is 7.28. The van der Waals surface area contributed by atoms with Crippen LogP contribution in [0.25, 0.3) is 0 Å². The third-order valence-electron chi connectivity index (χ3n) is 3.38. The zero-order chi connectivity index (χ0) is 15.2. The van der Waals surface area contributed by atoms with Crippen molar-refractivity contribution in [1.82, 2.24) is 5.32 Å². The SMILES string of the molecule is CCNCc1cccc(COc2c(C)cc(Cl)cc2C)c1. The fourth-order valence-corrected chi connectivity index (χ4v) is 2.71. The summed E-state index contributed by atoms with van der Waals surface area (Å²) < 4.78 is 5.99. The van der Waals surface area contributed by atoms with Crippen molar-refractivity contribution in [1.29, 1.82) is 0 Å². The lowest BCUT2D eigenvalue weighted by Gasteiger charge is -2.13. The molecule has 0 aliphatic rings. The molecule has 112 valence electrons. The number of aryl methyl sites for hydroxylation is 2. The molecular formula is C18H22ClNO. The fourth-order valence-electron chi connectivity index (χ4n) is 2.38. The highest BCUT2D eigenvalue weighted by Gasteiger charge is 2.06. The van der Waals surface area contributed by atoms with Crippen LogP contribution in [-0.4, -0.2) is 6.54 Å². The largest absolute Gasteiger partial charge is 0.488 e. The lowest BCUT2D eigenvalue weighted by atomic mass is 10.1. The maximum atomic E-state index is 6.05. The van der Waals surface area contributed by atoms with E-state index in [4.69, 9.17) is 16.3 Å². The summed E-state index contributed by atoms with van der Waals surface area (Å²) in [5.41, 5.74) is 4.61. The van der Waals surface area contributed by atoms with Crippen molar-refractivity contribution in [2.45, 2.75) is 33.9 Å². The zero-order valence-electron chi connectivity index (χ0n) is 12.9. The second-order valence-electron chi connectivity index (χ2n) is 5.26. The summed E-state index contributed by atoms with van der Waals surface area (Å²) in [6, 6.07) is 12.4. The lowest BCUT2D eigenvalue weighted by Crippen LogP contribution is -2.11. The highest BCUT2D eigenvalue weighted by Crippen LogP contribution is 2.27. The molecule has 2 aromatic carbocycles. The van der Waals surface area contributed by atoms with Gasteiger partial charge in [-0.25, -0.2) is 0 Å². The molecule has 0 bridgehead atoms. The van der Waals surface area contributed by atoms with Gasteiger partial charge in [0.2, 0.25) is 0 Å². The minimum absolute atomic E-state index is 0.573. The van der Waals surface area contributed by atoms with Crippen LogP contribution in [0.15, 0.2) is 36.4 Å². The normalized spacial score (nSPS) is 10.7. The summed E-state index contributed by atoms with van der Waals surface area (Å²) in [6.45, 7) is 8.60. The number of ether oxygens (including phenoxy) is 1. The predicted octanol–water partition coefficient (Wildman–Crippen LogP) is 4.65. The van der Waals surface area contributed by atoms with E-state index in [9.17, 15) is 0 Å². The van der Waals surface area contributed by atoms with Crippen molar-refractivity contribution in [2.75, 3.05) is 6.54 Å². The number of halogens is 1. The highest BCUT2D eigenvalue weighted by molar-refractivity contribution is 6.30. The average molecular weight is 304 g/mol. The van der Waals surface area contributed by atoms with Crippen LogP contribution in [0.3, 0.4) is 0 Å². The van der Waals surface area contributed by atoms with Crippen LogP contribution < -0.4 is 10.1 Å². The highest BCUT2D eigenvalue weighted by atomic mass is 35.5. The number of nitrogens with one attached hydrogen (secondary N) is 1. The van der Waals surface area contributed by atoms with E-state index in [1.54, 1.807) is 0 Å². The molecule has 0 atom stereocenters. The minimum Gasteiger partial charge on any atom is -0.488 e. The molecule has 21 heavy (non-hydrogen) atoms. The third-order valence-corrected chi connectivity index (χ3v) is 3.60. The third kappa shape index (κ3) is 4.48. The van der Waals surface area contributed by atoms with Gasteiger partial charge in [0.05, 0.1) is 0 Å². The molecular weight excluding hydrogens is 282 g/mol. The van der Waals surface area contributed by atoms with Gasteiger partial charge < -0.3 is 10.1 Å². The standard InChI is InChI=1S/C18H22ClNO/c1-4-20-11-15-6-5-7-16(10-15)12-21-18-13(2)8-17(19)9-14(18)3/h5-10,20H,4,11-12H2,1-3H3. The van der Waals surface area contributed by atoms with Gasteiger partial charge >= 0.3 is 0 Å². The first-order valence-corrected chi connectivity index (χ1v) is 7.66. The molecule has 0 aromatic heterocycles. The second-order valence-corrected chi connectivity index (χ2v) is 5.69. The average Bonchev–Trinajstić information content (AvgIpc) is 2.44. The second kappa shape index (κ2) is 7.48. The van der Waals surface area contributed by atoms with Crippen LogP contribution in [0.2, 0.25) is 5.02 Å². The molecule has 3 heteroatoms. The Hall–Kier alpha value is -1.51. The van der Waals surface area contributed by atoms with Crippen LogP contribution in [-0.2, 0) is 13.2 Å². The van der Waals surface area contributed by atoms with Gasteiger partial charge in [-0.05, 0) is 54.8 Å². The molecule has 2 aromatic rings. The van der Waals surface area contributed by atoms with Gasteiger partial charge in [-0.3, -0.25) is 0 Å². The Morgan fingerprint density at radius 1 is 1.05 bits per heavy atom. The molecule has 0 aliphatic heterocycles. The van der Waals surface area contributed by atoms with Crippen molar-refractivity contribution in [2.24, 2.45) is 0 Å². The van der Waals surface area contributed by atoms with Gasteiger partial charge in [0.25, 0.3) is 0 Å². The molecule has 0 aliphatic carbocycles. The predicted molar refractivity (Wildman–Crippen MR) is 89.1 cm³/mol. The van der Waals surface area contributed by atoms with E-state index in [0.29, 0.717) is 6.61 Å². The Kier molecular flexibility index (Phi) is 5.66. The molecule has 0 heterocycles. The van der Waals surface area contributed by atoms with Gasteiger partial charge in [0.1, 0.15) is 12.4 Å². The number of hydrogen-bond donors (Lipinski definition) is 1. The molecule has 0 saturated heterocycles. The van der Waals surface area contributed by atoms with Crippen LogP contribution in [0, 0.1) is 13.8 Å². The first-order chi connectivity index (χ1) is 10.1. The van der Waals surface area contributed by atoms with Crippen molar-refractivity contribution in [3.05, 3.63) is 63.7 Å². The summed E-state index contributed by atoms with van der Waals surface area (Å²) in [5.74, 6) is 0.927. The van der Waals surface area contributed by atoms with E-state index in [2.05, 4.69) is 36.5 Å². The molecule has 0 spiro atoms. The molecule has 0 fully saturated rings. The van der Waals surface area contributed by atoms with E-state index in [1.807, 2.05) is 26.0 Å². The quantitative estimate of drug-likeness (QED) is 0.839. The summed E-state index contributed by atoms with van der Waals surface area (Å²) in [4.78, 5) is 0. The van der Waals surface area contributed by atoms with Gasteiger partial charge in [-0.15, -0.1) is 0 Å². The Labute approximate surface area is 132 Å². The summed E-state index contributed by atoms with van der Waals surface area (Å²) in [6.07, 6.45) is 0. The van der Waals surface area contributed by atoms with E-state index in [-0.39, 0.29) is 0 Å². The number of rotatable bonds is 6.